The lowest BCUT2D eigenvalue weighted by molar-refractivity contribution is 0.306. The molecule has 0 aromatic rings. The highest BCUT2D eigenvalue weighted by atomic mass is 16.5. The number of aliphatic imine (C=N–C) groups is 1. The minimum atomic E-state index is 0.811. The highest BCUT2D eigenvalue weighted by Crippen LogP contribution is 2.14. The number of allylic oxidation sites excluding steroid dienone is 3. The molecule has 0 aliphatic carbocycles. The van der Waals surface area contributed by atoms with Crippen molar-refractivity contribution >= 4 is 5.84 Å². The van der Waals surface area contributed by atoms with Crippen LogP contribution in [0.2, 0.25) is 0 Å². The Morgan fingerprint density at radius 3 is 2.12 bits per heavy atom. The molecule has 0 unspecified atom stereocenters. The fraction of sp³-hybridized carbons (Fsp3) is 0.615. The smallest absolute Gasteiger partial charge is 0.165 e. The molecule has 0 aromatic carbocycles. The molecule has 3 nitrogen and oxygen atoms in total. The summed E-state index contributed by atoms with van der Waals surface area (Å²) in [6.45, 7) is 6.37. The SMILES string of the molecule is CCC(/C=C(OC)\C(=N/C)N(C)C)=C(C)C. The number of methoxy groups -OCH3 is 1. The standard InChI is InChI=1S/C13H24N2O/c1-8-11(10(2)3)9-12(16-7)13(14-4)15(5)6/h9H,8H2,1-7H3/b12-9+,14-13+. The van der Waals surface area contributed by atoms with Crippen molar-refractivity contribution in [2.24, 2.45) is 4.99 Å². The lowest BCUT2D eigenvalue weighted by Crippen LogP contribution is -2.24. The summed E-state index contributed by atoms with van der Waals surface area (Å²) in [5, 5.41) is 0. The predicted octanol–water partition coefficient (Wildman–Crippen LogP) is 2.85. The number of hydrogen-bond acceptors (Lipinski definition) is 2. The van der Waals surface area contributed by atoms with Gasteiger partial charge in [0, 0.05) is 21.1 Å². The van der Waals surface area contributed by atoms with E-state index in [1.54, 1.807) is 14.2 Å². The Morgan fingerprint density at radius 1 is 1.31 bits per heavy atom. The van der Waals surface area contributed by atoms with Crippen LogP contribution in [0.4, 0.5) is 0 Å². The van der Waals surface area contributed by atoms with Gasteiger partial charge in [-0.3, -0.25) is 4.99 Å². The van der Waals surface area contributed by atoms with Gasteiger partial charge < -0.3 is 9.64 Å². The first-order valence-electron chi connectivity index (χ1n) is 5.54. The van der Waals surface area contributed by atoms with Crippen molar-refractivity contribution in [3.8, 4) is 0 Å². The van der Waals surface area contributed by atoms with Gasteiger partial charge in [0.1, 0.15) is 0 Å². The van der Waals surface area contributed by atoms with Gasteiger partial charge in [0.15, 0.2) is 11.6 Å². The Hall–Kier alpha value is -1.25. The van der Waals surface area contributed by atoms with Gasteiger partial charge in [-0.15, -0.1) is 0 Å². The third kappa shape index (κ3) is 4.09. The van der Waals surface area contributed by atoms with E-state index in [9.17, 15) is 0 Å². The molecule has 0 aliphatic rings. The molecule has 0 saturated carbocycles. The van der Waals surface area contributed by atoms with E-state index in [-0.39, 0.29) is 0 Å². The molecule has 0 aliphatic heterocycles. The lowest BCUT2D eigenvalue weighted by atomic mass is 10.1. The number of nitrogens with zero attached hydrogens (tertiary/aromatic N) is 2. The molecule has 92 valence electrons. The molecule has 0 radical (unpaired) electrons. The van der Waals surface area contributed by atoms with E-state index < -0.39 is 0 Å². The Morgan fingerprint density at radius 2 is 1.88 bits per heavy atom. The van der Waals surface area contributed by atoms with Crippen molar-refractivity contribution in [3.05, 3.63) is 23.0 Å². The van der Waals surface area contributed by atoms with Crippen molar-refractivity contribution in [3.63, 3.8) is 0 Å². The normalized spacial score (nSPS) is 12.4. The highest BCUT2D eigenvalue weighted by molar-refractivity contribution is 5.96. The van der Waals surface area contributed by atoms with Crippen LogP contribution in [0.3, 0.4) is 0 Å². The van der Waals surface area contributed by atoms with E-state index in [2.05, 4.69) is 31.8 Å². The molecule has 0 spiro atoms. The number of likely N-dealkylation sites (N-methyl/N-ethyl adjacent to an activating group) is 1. The summed E-state index contributed by atoms with van der Waals surface area (Å²) >= 11 is 0. The molecule has 0 aromatic heterocycles. The molecule has 0 fully saturated rings. The largest absolute Gasteiger partial charge is 0.493 e. The number of hydrogen-bond donors (Lipinski definition) is 0. The van der Waals surface area contributed by atoms with Crippen molar-refractivity contribution < 1.29 is 4.74 Å². The predicted molar refractivity (Wildman–Crippen MR) is 70.8 cm³/mol. The number of amidine groups is 1. The second-order valence-electron chi connectivity index (χ2n) is 4.03. The second kappa shape index (κ2) is 7.09. The third-order valence-corrected chi connectivity index (χ3v) is 2.40. The summed E-state index contributed by atoms with van der Waals surface area (Å²) in [6, 6.07) is 0. The van der Waals surface area contributed by atoms with Crippen LogP contribution in [0.25, 0.3) is 0 Å². The monoisotopic (exact) mass is 224 g/mol. The zero-order valence-corrected chi connectivity index (χ0v) is 11.6. The highest BCUT2D eigenvalue weighted by Gasteiger charge is 2.09. The molecule has 0 heterocycles. The van der Waals surface area contributed by atoms with Gasteiger partial charge in [-0.25, -0.2) is 0 Å². The zero-order chi connectivity index (χ0) is 12.7. The Bertz CT molecular complexity index is 308. The van der Waals surface area contributed by atoms with E-state index >= 15 is 0 Å². The Kier molecular flexibility index (Phi) is 6.54. The van der Waals surface area contributed by atoms with E-state index in [0.717, 1.165) is 18.0 Å². The average Bonchev–Trinajstić information content (AvgIpc) is 2.22. The van der Waals surface area contributed by atoms with Crippen molar-refractivity contribution in [1.29, 1.82) is 0 Å². The first kappa shape index (κ1) is 14.8. The number of rotatable bonds is 4. The van der Waals surface area contributed by atoms with E-state index in [1.165, 1.54) is 11.1 Å². The van der Waals surface area contributed by atoms with Crippen LogP contribution >= 0.6 is 0 Å². The van der Waals surface area contributed by atoms with E-state index in [1.807, 2.05) is 19.0 Å². The third-order valence-electron chi connectivity index (χ3n) is 2.40. The fourth-order valence-corrected chi connectivity index (χ4v) is 1.50. The van der Waals surface area contributed by atoms with Gasteiger partial charge >= 0.3 is 0 Å². The first-order chi connectivity index (χ1) is 7.47. The maximum Gasteiger partial charge on any atom is 0.165 e. The molecule has 0 saturated heterocycles. The van der Waals surface area contributed by atoms with E-state index in [0.29, 0.717) is 0 Å². The summed E-state index contributed by atoms with van der Waals surface area (Å²) in [7, 11) is 7.38. The summed E-state index contributed by atoms with van der Waals surface area (Å²) in [4.78, 5) is 6.18. The molecule has 3 heteroatoms. The molecule has 0 amide bonds. The second-order valence-corrected chi connectivity index (χ2v) is 4.03. The minimum absolute atomic E-state index is 0.811. The van der Waals surface area contributed by atoms with Crippen LogP contribution in [-0.2, 0) is 4.74 Å². The summed E-state index contributed by atoms with van der Waals surface area (Å²) < 4.78 is 5.40. The van der Waals surface area contributed by atoms with Crippen molar-refractivity contribution in [1.82, 2.24) is 4.90 Å². The molecule has 0 rings (SSSR count). The first-order valence-corrected chi connectivity index (χ1v) is 5.54. The van der Waals surface area contributed by atoms with Gasteiger partial charge in [-0.2, -0.15) is 0 Å². The summed E-state index contributed by atoms with van der Waals surface area (Å²) in [6.07, 6.45) is 3.07. The zero-order valence-electron chi connectivity index (χ0n) is 11.6. The summed E-state index contributed by atoms with van der Waals surface area (Å²) in [5.74, 6) is 1.67. The number of ether oxygens (including phenoxy) is 1. The van der Waals surface area contributed by atoms with Gasteiger partial charge in [0.2, 0.25) is 0 Å². The molecule has 0 atom stereocenters. The van der Waals surface area contributed by atoms with Crippen LogP contribution in [-0.4, -0.2) is 39.0 Å². The molecule has 0 bridgehead atoms. The van der Waals surface area contributed by atoms with Crippen LogP contribution in [0.5, 0.6) is 0 Å². The lowest BCUT2D eigenvalue weighted by Gasteiger charge is -2.17. The maximum absolute atomic E-state index is 5.40. The fourth-order valence-electron chi connectivity index (χ4n) is 1.50. The van der Waals surface area contributed by atoms with Crippen molar-refractivity contribution in [2.75, 3.05) is 28.3 Å². The quantitative estimate of drug-likeness (QED) is 0.317. The minimum Gasteiger partial charge on any atom is -0.493 e. The topological polar surface area (TPSA) is 24.8 Å². The van der Waals surface area contributed by atoms with Gasteiger partial charge in [0.25, 0.3) is 0 Å². The maximum atomic E-state index is 5.40. The van der Waals surface area contributed by atoms with Crippen LogP contribution < -0.4 is 0 Å². The van der Waals surface area contributed by atoms with Gasteiger partial charge in [-0.05, 0) is 31.9 Å². The van der Waals surface area contributed by atoms with E-state index in [4.69, 9.17) is 4.74 Å². The van der Waals surface area contributed by atoms with Crippen LogP contribution in [0.1, 0.15) is 27.2 Å². The summed E-state index contributed by atoms with van der Waals surface area (Å²) in [5.41, 5.74) is 2.60. The van der Waals surface area contributed by atoms with Crippen molar-refractivity contribution in [2.45, 2.75) is 27.2 Å². The molecular formula is C13H24N2O. The van der Waals surface area contributed by atoms with Crippen LogP contribution in [0.15, 0.2) is 28.0 Å². The molecular weight excluding hydrogens is 200 g/mol. The van der Waals surface area contributed by atoms with Gasteiger partial charge in [-0.1, -0.05) is 12.5 Å². The molecule has 16 heavy (non-hydrogen) atoms. The average molecular weight is 224 g/mol. The Balaban J connectivity index is 5.29. The Labute approximate surface area is 99.5 Å². The van der Waals surface area contributed by atoms with Gasteiger partial charge in [0.05, 0.1) is 7.11 Å². The molecule has 0 N–H and O–H groups in total. The van der Waals surface area contributed by atoms with Crippen LogP contribution in [0, 0.1) is 0 Å².